The zero-order valence-electron chi connectivity index (χ0n) is 18.3. The van der Waals surface area contributed by atoms with Crippen molar-refractivity contribution in [2.24, 2.45) is 0 Å². The van der Waals surface area contributed by atoms with E-state index in [1.165, 1.54) is 17.0 Å². The molecule has 2 heterocycles. The number of amides is 1. The predicted octanol–water partition coefficient (Wildman–Crippen LogP) is 5.79. The molecule has 0 saturated heterocycles. The van der Waals surface area contributed by atoms with E-state index in [4.69, 9.17) is 0 Å². The molecule has 1 atom stereocenters. The molecule has 0 bridgehead atoms. The van der Waals surface area contributed by atoms with E-state index in [2.05, 4.69) is 37.5 Å². The molecule has 4 rings (SSSR count). The Morgan fingerprint density at radius 1 is 1.19 bits per heavy atom. The van der Waals surface area contributed by atoms with Crippen molar-refractivity contribution in [1.29, 1.82) is 0 Å². The highest BCUT2D eigenvalue weighted by Crippen LogP contribution is 2.45. The monoisotopic (exact) mass is 438 g/mol. The summed E-state index contributed by atoms with van der Waals surface area (Å²) < 4.78 is 13.6. The highest BCUT2D eigenvalue weighted by atomic mass is 32.1. The lowest BCUT2D eigenvalue weighted by atomic mass is 9.77. The van der Waals surface area contributed by atoms with Gasteiger partial charge < -0.3 is 10.6 Å². The minimum atomic E-state index is -0.418. The summed E-state index contributed by atoms with van der Waals surface area (Å²) in [5, 5.41) is 6.15. The Labute approximate surface area is 186 Å². The average molecular weight is 439 g/mol. The van der Waals surface area contributed by atoms with Crippen molar-refractivity contribution in [3.8, 4) is 0 Å². The SMILES string of the molecule is CC1=C(C(=O)Nc2cccc(F)c2)C(c2ccc(C(C)(C)C)s2)C2=C(CCCC2=O)N1. The van der Waals surface area contributed by atoms with Crippen molar-refractivity contribution in [3.63, 3.8) is 0 Å². The van der Waals surface area contributed by atoms with Crippen molar-refractivity contribution in [3.05, 3.63) is 74.5 Å². The van der Waals surface area contributed by atoms with E-state index in [1.807, 2.05) is 13.0 Å². The number of allylic oxidation sites excluding steroid dienone is 3. The third kappa shape index (κ3) is 4.22. The Morgan fingerprint density at radius 2 is 1.97 bits per heavy atom. The smallest absolute Gasteiger partial charge is 0.254 e. The van der Waals surface area contributed by atoms with Gasteiger partial charge in [-0.25, -0.2) is 4.39 Å². The molecule has 1 amide bonds. The van der Waals surface area contributed by atoms with Crippen LogP contribution in [0.3, 0.4) is 0 Å². The van der Waals surface area contributed by atoms with E-state index >= 15 is 0 Å². The van der Waals surface area contributed by atoms with Gasteiger partial charge in [-0.15, -0.1) is 11.3 Å². The number of ketones is 1. The minimum absolute atomic E-state index is 0.0215. The summed E-state index contributed by atoms with van der Waals surface area (Å²) in [4.78, 5) is 28.6. The number of benzene rings is 1. The molecular formula is C25H27FN2O2S. The number of Topliss-reactive ketones (excluding diaryl/α,β-unsaturated/α-hetero) is 1. The van der Waals surface area contributed by atoms with Crippen LogP contribution in [0.25, 0.3) is 0 Å². The first-order valence-corrected chi connectivity index (χ1v) is 11.4. The molecule has 6 heteroatoms. The average Bonchev–Trinajstić information content (AvgIpc) is 3.17. The summed E-state index contributed by atoms with van der Waals surface area (Å²) >= 11 is 1.65. The second-order valence-electron chi connectivity index (χ2n) is 9.18. The van der Waals surface area contributed by atoms with Crippen molar-refractivity contribution >= 4 is 28.7 Å². The molecule has 31 heavy (non-hydrogen) atoms. The Morgan fingerprint density at radius 3 is 2.65 bits per heavy atom. The Hall–Kier alpha value is -2.73. The number of carbonyl (C=O) groups is 2. The van der Waals surface area contributed by atoms with Gasteiger partial charge in [-0.1, -0.05) is 26.8 Å². The highest BCUT2D eigenvalue weighted by molar-refractivity contribution is 7.12. The number of halogens is 1. The Kier molecular flexibility index (Phi) is 5.60. The summed E-state index contributed by atoms with van der Waals surface area (Å²) in [6.07, 6.45) is 2.10. The highest BCUT2D eigenvalue weighted by Gasteiger charge is 2.39. The second kappa shape index (κ2) is 8.08. The molecule has 1 unspecified atom stereocenters. The van der Waals surface area contributed by atoms with Crippen LogP contribution in [0.1, 0.15) is 62.6 Å². The second-order valence-corrected chi connectivity index (χ2v) is 10.3. The van der Waals surface area contributed by atoms with Crippen LogP contribution < -0.4 is 10.6 Å². The van der Waals surface area contributed by atoms with Crippen LogP contribution in [-0.4, -0.2) is 11.7 Å². The first-order chi connectivity index (χ1) is 14.6. The van der Waals surface area contributed by atoms with E-state index in [1.54, 1.807) is 23.5 Å². The van der Waals surface area contributed by atoms with E-state index in [-0.39, 0.29) is 17.1 Å². The number of hydrogen-bond acceptors (Lipinski definition) is 4. The molecule has 162 valence electrons. The van der Waals surface area contributed by atoms with Crippen molar-refractivity contribution in [2.75, 3.05) is 5.32 Å². The molecule has 2 aromatic rings. The van der Waals surface area contributed by atoms with E-state index in [0.29, 0.717) is 23.3 Å². The molecule has 1 aromatic heterocycles. The topological polar surface area (TPSA) is 58.2 Å². The van der Waals surface area contributed by atoms with E-state index < -0.39 is 11.7 Å². The molecular weight excluding hydrogens is 411 g/mol. The van der Waals surface area contributed by atoms with Gasteiger partial charge in [-0.2, -0.15) is 0 Å². The third-order valence-electron chi connectivity index (χ3n) is 5.75. The van der Waals surface area contributed by atoms with Gasteiger partial charge in [0.1, 0.15) is 5.82 Å². The molecule has 0 radical (unpaired) electrons. The van der Waals surface area contributed by atoms with Gasteiger partial charge in [0.15, 0.2) is 5.78 Å². The third-order valence-corrected chi connectivity index (χ3v) is 7.33. The number of dihydropyridines is 1. The molecule has 1 aliphatic carbocycles. The summed E-state index contributed by atoms with van der Waals surface area (Å²) in [6.45, 7) is 8.33. The van der Waals surface area contributed by atoms with Gasteiger partial charge in [0.25, 0.3) is 5.91 Å². The van der Waals surface area contributed by atoms with E-state index in [9.17, 15) is 14.0 Å². The lowest BCUT2D eigenvalue weighted by molar-refractivity contribution is -0.116. The largest absolute Gasteiger partial charge is 0.362 e. The van der Waals surface area contributed by atoms with Gasteiger partial charge in [0, 0.05) is 44.4 Å². The zero-order chi connectivity index (χ0) is 22.3. The van der Waals surface area contributed by atoms with Crippen LogP contribution in [0.5, 0.6) is 0 Å². The predicted molar refractivity (Wildman–Crippen MR) is 123 cm³/mol. The van der Waals surface area contributed by atoms with Crippen molar-refractivity contribution in [1.82, 2.24) is 5.32 Å². The van der Waals surface area contributed by atoms with E-state index in [0.717, 1.165) is 29.1 Å². The number of carbonyl (C=O) groups excluding carboxylic acids is 2. The van der Waals surface area contributed by atoms with Crippen molar-refractivity contribution < 1.29 is 14.0 Å². The van der Waals surface area contributed by atoms with Crippen LogP contribution in [-0.2, 0) is 15.0 Å². The first kappa shape index (κ1) is 21.5. The van der Waals surface area contributed by atoms with Gasteiger partial charge in [0.05, 0.1) is 5.92 Å². The van der Waals surface area contributed by atoms with Crippen LogP contribution in [0, 0.1) is 5.82 Å². The molecule has 4 nitrogen and oxygen atoms in total. The maximum Gasteiger partial charge on any atom is 0.254 e. The normalized spacial score (nSPS) is 19.3. The molecule has 0 fully saturated rings. The molecule has 2 N–H and O–H groups in total. The maximum absolute atomic E-state index is 13.6. The van der Waals surface area contributed by atoms with Crippen LogP contribution in [0.15, 0.2) is 58.9 Å². The number of hydrogen-bond donors (Lipinski definition) is 2. The number of anilines is 1. The van der Waals surface area contributed by atoms with Crippen molar-refractivity contribution in [2.45, 2.75) is 58.3 Å². The first-order valence-electron chi connectivity index (χ1n) is 10.6. The molecule has 1 aromatic carbocycles. The number of thiophene rings is 1. The summed E-state index contributed by atoms with van der Waals surface area (Å²) in [5.41, 5.74) is 3.24. The Balaban J connectivity index is 1.79. The zero-order valence-corrected chi connectivity index (χ0v) is 19.1. The fourth-order valence-corrected chi connectivity index (χ4v) is 5.43. The lowest BCUT2D eigenvalue weighted by Gasteiger charge is -2.34. The molecule has 2 aliphatic rings. The van der Waals surface area contributed by atoms with Gasteiger partial charge in [-0.3, -0.25) is 9.59 Å². The van der Waals surface area contributed by atoms with Gasteiger partial charge >= 0.3 is 0 Å². The fraction of sp³-hybridized carbons (Fsp3) is 0.360. The lowest BCUT2D eigenvalue weighted by Crippen LogP contribution is -2.35. The van der Waals surface area contributed by atoms with Gasteiger partial charge in [0.2, 0.25) is 0 Å². The quantitative estimate of drug-likeness (QED) is 0.638. The standard InChI is InChI=1S/C25H27FN2O2S/c1-14-21(24(30)28-16-8-5-7-15(26)13-16)23(19-11-12-20(31-19)25(2,3)4)22-17(27-14)9-6-10-18(22)29/h5,7-8,11-13,23,27H,6,9-10H2,1-4H3,(H,28,30). The summed E-state index contributed by atoms with van der Waals surface area (Å²) in [5.74, 6) is -1.06. The molecule has 0 saturated carbocycles. The molecule has 0 spiro atoms. The number of rotatable bonds is 3. The van der Waals surface area contributed by atoms with Crippen LogP contribution in [0.4, 0.5) is 10.1 Å². The minimum Gasteiger partial charge on any atom is -0.362 e. The summed E-state index contributed by atoms with van der Waals surface area (Å²) in [6, 6.07) is 9.97. The molecule has 1 aliphatic heterocycles. The fourth-order valence-electron chi connectivity index (χ4n) is 4.24. The Bertz CT molecular complexity index is 1120. The van der Waals surface area contributed by atoms with Crippen LogP contribution >= 0.6 is 11.3 Å². The summed E-state index contributed by atoms with van der Waals surface area (Å²) in [7, 11) is 0. The van der Waals surface area contributed by atoms with Crippen LogP contribution in [0.2, 0.25) is 0 Å². The maximum atomic E-state index is 13.6. The number of nitrogens with one attached hydrogen (secondary N) is 2. The van der Waals surface area contributed by atoms with Gasteiger partial charge in [-0.05, 0) is 55.5 Å².